The van der Waals surface area contributed by atoms with Crippen LogP contribution in [0.15, 0.2) is 12.1 Å². The van der Waals surface area contributed by atoms with Crippen molar-refractivity contribution in [1.82, 2.24) is 20.4 Å². The molecule has 4 heterocycles. The number of imide groups is 1. The van der Waals surface area contributed by atoms with E-state index in [1.807, 2.05) is 17.0 Å². The minimum absolute atomic E-state index is 0.0200. The first-order valence-electron chi connectivity index (χ1n) is 9.31. The number of fused-ring (bicyclic) bond motifs is 2. The highest BCUT2D eigenvalue weighted by Crippen LogP contribution is 2.33. The first-order chi connectivity index (χ1) is 13.0. The van der Waals surface area contributed by atoms with Gasteiger partial charge in [0.1, 0.15) is 6.04 Å². The molecule has 5 rings (SSSR count). The molecule has 0 unspecified atom stereocenters. The van der Waals surface area contributed by atoms with Gasteiger partial charge < -0.3 is 15.1 Å². The lowest BCUT2D eigenvalue weighted by Crippen LogP contribution is -2.52. The number of nitrogens with one attached hydrogen (secondary N) is 2. The molecule has 2 fully saturated rings. The lowest BCUT2D eigenvalue weighted by Gasteiger charge is -2.31. The quantitative estimate of drug-likeness (QED) is 0.709. The average molecular weight is 368 g/mol. The maximum absolute atomic E-state index is 12.9. The lowest BCUT2D eigenvalue weighted by atomic mass is 10.0. The van der Waals surface area contributed by atoms with Crippen LogP contribution in [0.2, 0.25) is 0 Å². The van der Waals surface area contributed by atoms with Gasteiger partial charge in [0.15, 0.2) is 0 Å². The predicted molar refractivity (Wildman–Crippen MR) is 93.6 cm³/mol. The van der Waals surface area contributed by atoms with E-state index in [-0.39, 0.29) is 24.1 Å². The molecular weight excluding hydrogens is 348 g/mol. The Morgan fingerprint density at radius 3 is 2.33 bits per heavy atom. The summed E-state index contributed by atoms with van der Waals surface area (Å²) in [5.74, 6) is -0.397. The molecule has 0 radical (unpaired) electrons. The molecule has 0 aromatic heterocycles. The molecule has 0 spiro atoms. The van der Waals surface area contributed by atoms with Crippen molar-refractivity contribution in [3.63, 3.8) is 0 Å². The number of rotatable bonds is 3. The van der Waals surface area contributed by atoms with Crippen molar-refractivity contribution in [2.75, 3.05) is 19.6 Å². The van der Waals surface area contributed by atoms with Gasteiger partial charge in [-0.1, -0.05) is 0 Å². The van der Waals surface area contributed by atoms with Gasteiger partial charge in [-0.05, 0) is 29.7 Å². The summed E-state index contributed by atoms with van der Waals surface area (Å²) in [6, 6.07) is 3.00. The first-order valence-corrected chi connectivity index (χ1v) is 9.31. The van der Waals surface area contributed by atoms with Gasteiger partial charge >= 0.3 is 0 Å². The number of amides is 4. The van der Waals surface area contributed by atoms with Gasteiger partial charge in [-0.15, -0.1) is 0 Å². The van der Waals surface area contributed by atoms with E-state index in [0.29, 0.717) is 36.6 Å². The van der Waals surface area contributed by atoms with Crippen LogP contribution in [-0.4, -0.2) is 59.1 Å². The van der Waals surface area contributed by atoms with Crippen LogP contribution in [0.25, 0.3) is 0 Å². The molecule has 0 aliphatic carbocycles. The Morgan fingerprint density at radius 1 is 0.963 bits per heavy atom. The molecule has 2 saturated heterocycles. The second kappa shape index (κ2) is 5.88. The highest BCUT2D eigenvalue weighted by atomic mass is 16.2. The number of piperidine rings is 1. The zero-order valence-electron chi connectivity index (χ0n) is 14.8. The van der Waals surface area contributed by atoms with E-state index < -0.39 is 11.9 Å². The summed E-state index contributed by atoms with van der Waals surface area (Å²) in [5.41, 5.74) is 2.89. The third kappa shape index (κ3) is 2.55. The number of hydrogen-bond donors (Lipinski definition) is 2. The molecule has 4 amide bonds. The van der Waals surface area contributed by atoms with E-state index in [9.17, 15) is 19.2 Å². The van der Waals surface area contributed by atoms with E-state index >= 15 is 0 Å². The van der Waals surface area contributed by atoms with Crippen molar-refractivity contribution in [3.8, 4) is 0 Å². The molecule has 4 aliphatic heterocycles. The van der Waals surface area contributed by atoms with Crippen molar-refractivity contribution in [2.24, 2.45) is 5.92 Å². The Hall–Kier alpha value is -2.74. The van der Waals surface area contributed by atoms with Gasteiger partial charge in [0, 0.05) is 56.2 Å². The molecule has 0 saturated carbocycles. The monoisotopic (exact) mass is 368 g/mol. The Kier molecular flexibility index (Phi) is 3.58. The van der Waals surface area contributed by atoms with Crippen LogP contribution >= 0.6 is 0 Å². The van der Waals surface area contributed by atoms with E-state index in [4.69, 9.17) is 0 Å². The summed E-state index contributed by atoms with van der Waals surface area (Å²) >= 11 is 0. The van der Waals surface area contributed by atoms with Crippen LogP contribution in [0.4, 0.5) is 0 Å². The normalized spacial score (nSPS) is 24.8. The molecule has 1 aromatic carbocycles. The fraction of sp³-hybridized carbons (Fsp3) is 0.474. The predicted octanol–water partition coefficient (Wildman–Crippen LogP) is -0.377. The number of nitrogens with zero attached hydrogens (tertiary/aromatic N) is 2. The molecule has 8 nitrogen and oxygen atoms in total. The smallest absolute Gasteiger partial charge is 0.255 e. The fourth-order valence-corrected chi connectivity index (χ4v) is 4.37. The summed E-state index contributed by atoms with van der Waals surface area (Å²) in [6.45, 7) is 3.45. The minimum Gasteiger partial charge on any atom is -0.334 e. The highest BCUT2D eigenvalue weighted by Gasteiger charge is 2.41. The standard InChI is InChI=1S/C19H20N4O4/c24-16-2-1-15(17(25)21-16)23-9-12-4-13-11(3-14(12)19(23)27)8-22(18(13)26)7-10-5-20-6-10/h3-4,10,15,20H,1-2,5-9H2,(H,21,24,25)/t15-/m1/s1. The summed E-state index contributed by atoms with van der Waals surface area (Å²) in [7, 11) is 0. The average Bonchev–Trinajstić information content (AvgIpc) is 3.07. The van der Waals surface area contributed by atoms with Gasteiger partial charge in [0.2, 0.25) is 11.8 Å². The topological polar surface area (TPSA) is 98.8 Å². The van der Waals surface area contributed by atoms with Crippen molar-refractivity contribution in [3.05, 3.63) is 34.4 Å². The summed E-state index contributed by atoms with van der Waals surface area (Å²) < 4.78 is 0. The Balaban J connectivity index is 1.38. The number of benzene rings is 1. The summed E-state index contributed by atoms with van der Waals surface area (Å²) in [6.07, 6.45) is 0.572. The maximum Gasteiger partial charge on any atom is 0.255 e. The van der Waals surface area contributed by atoms with Crippen molar-refractivity contribution < 1.29 is 19.2 Å². The fourth-order valence-electron chi connectivity index (χ4n) is 4.37. The van der Waals surface area contributed by atoms with E-state index in [1.165, 1.54) is 4.90 Å². The van der Waals surface area contributed by atoms with E-state index in [2.05, 4.69) is 10.6 Å². The third-order valence-corrected chi connectivity index (χ3v) is 5.97. The summed E-state index contributed by atoms with van der Waals surface area (Å²) in [5, 5.41) is 5.52. The van der Waals surface area contributed by atoms with Crippen LogP contribution in [-0.2, 0) is 22.7 Å². The Morgan fingerprint density at radius 2 is 1.67 bits per heavy atom. The molecule has 4 aliphatic rings. The number of hydrogen-bond acceptors (Lipinski definition) is 5. The minimum atomic E-state index is -0.629. The van der Waals surface area contributed by atoms with Gasteiger partial charge in [0.05, 0.1) is 0 Å². The maximum atomic E-state index is 12.9. The molecule has 27 heavy (non-hydrogen) atoms. The SMILES string of the molecule is O=C1CC[C@@H](N2Cc3cc4c(cc3C2=O)CN(CC2CNC2)C4=O)C(=O)N1. The number of carbonyl (C=O) groups is 4. The van der Waals surface area contributed by atoms with Gasteiger partial charge in [-0.3, -0.25) is 24.5 Å². The van der Waals surface area contributed by atoms with Crippen LogP contribution in [0, 0.1) is 5.92 Å². The second-order valence-corrected chi connectivity index (χ2v) is 7.78. The van der Waals surface area contributed by atoms with Crippen LogP contribution < -0.4 is 10.6 Å². The molecule has 140 valence electrons. The number of carbonyl (C=O) groups excluding carboxylic acids is 4. The Bertz CT molecular complexity index is 892. The van der Waals surface area contributed by atoms with Crippen molar-refractivity contribution in [1.29, 1.82) is 0 Å². The zero-order valence-corrected chi connectivity index (χ0v) is 14.8. The first kappa shape index (κ1) is 16.4. The molecule has 1 aromatic rings. The van der Waals surface area contributed by atoms with Gasteiger partial charge in [0.25, 0.3) is 11.8 Å². The largest absolute Gasteiger partial charge is 0.334 e. The van der Waals surface area contributed by atoms with Gasteiger partial charge in [-0.25, -0.2) is 0 Å². The van der Waals surface area contributed by atoms with E-state index in [1.54, 1.807) is 0 Å². The summed E-state index contributed by atoms with van der Waals surface area (Å²) in [4.78, 5) is 52.5. The molecule has 0 bridgehead atoms. The lowest BCUT2D eigenvalue weighted by molar-refractivity contribution is -0.136. The molecule has 8 heteroatoms. The Labute approximate surface area is 155 Å². The van der Waals surface area contributed by atoms with E-state index in [0.717, 1.165) is 30.8 Å². The molecule has 1 atom stereocenters. The van der Waals surface area contributed by atoms with Crippen LogP contribution in [0.1, 0.15) is 44.7 Å². The third-order valence-electron chi connectivity index (χ3n) is 5.97. The van der Waals surface area contributed by atoms with Crippen LogP contribution in [0.5, 0.6) is 0 Å². The second-order valence-electron chi connectivity index (χ2n) is 7.78. The highest BCUT2D eigenvalue weighted by molar-refractivity contribution is 6.07. The van der Waals surface area contributed by atoms with Crippen molar-refractivity contribution in [2.45, 2.75) is 32.0 Å². The molecular formula is C19H20N4O4. The van der Waals surface area contributed by atoms with Gasteiger partial charge in [-0.2, -0.15) is 0 Å². The zero-order chi connectivity index (χ0) is 18.7. The van der Waals surface area contributed by atoms with Crippen molar-refractivity contribution >= 4 is 23.6 Å². The molecule has 2 N–H and O–H groups in total. The van der Waals surface area contributed by atoms with Crippen LogP contribution in [0.3, 0.4) is 0 Å².